The minimum Gasteiger partial charge on any atom is -0.274 e. The van der Waals surface area contributed by atoms with Crippen LogP contribution in [0.3, 0.4) is 0 Å². The van der Waals surface area contributed by atoms with Gasteiger partial charge in [-0.15, -0.1) is 0 Å². The molecule has 20 heavy (non-hydrogen) atoms. The lowest BCUT2D eigenvalue weighted by Crippen LogP contribution is -2.32. The van der Waals surface area contributed by atoms with Crippen LogP contribution < -0.4 is 4.72 Å². The molecule has 1 amide bonds. The molecule has 8 heteroatoms. The molecule has 0 aliphatic rings. The molecule has 2 rings (SSSR count). The van der Waals surface area contributed by atoms with Crippen molar-refractivity contribution in [3.05, 3.63) is 54.2 Å². The van der Waals surface area contributed by atoms with E-state index in [2.05, 4.69) is 9.97 Å². The molecule has 0 spiro atoms. The molecule has 0 saturated carbocycles. The number of hydrogen-bond donors (Lipinski definition) is 1. The maximum Gasteiger partial charge on any atom is 0.283 e. The second-order valence-corrected chi connectivity index (χ2v) is 5.47. The van der Waals surface area contributed by atoms with Crippen molar-refractivity contribution in [1.82, 2.24) is 14.7 Å². The van der Waals surface area contributed by atoms with E-state index in [1.54, 1.807) is 6.07 Å². The van der Waals surface area contributed by atoms with Crippen molar-refractivity contribution in [2.24, 2.45) is 0 Å². The molecule has 0 bridgehead atoms. The zero-order valence-corrected chi connectivity index (χ0v) is 11.0. The quantitative estimate of drug-likeness (QED) is 0.895. The molecular formula is C12H10FN3O3S. The van der Waals surface area contributed by atoms with E-state index in [1.165, 1.54) is 30.6 Å². The van der Waals surface area contributed by atoms with Crippen molar-refractivity contribution in [1.29, 1.82) is 0 Å². The van der Waals surface area contributed by atoms with Gasteiger partial charge in [0.15, 0.2) is 5.03 Å². The minimum atomic E-state index is -4.09. The molecule has 0 saturated heterocycles. The Labute approximate surface area is 114 Å². The molecule has 0 radical (unpaired) electrons. The van der Waals surface area contributed by atoms with Crippen LogP contribution in [0.4, 0.5) is 4.39 Å². The predicted molar refractivity (Wildman–Crippen MR) is 67.5 cm³/mol. The Morgan fingerprint density at radius 1 is 1.25 bits per heavy atom. The first-order valence-corrected chi connectivity index (χ1v) is 7.02. The second kappa shape index (κ2) is 5.74. The third-order valence-electron chi connectivity index (χ3n) is 2.37. The summed E-state index contributed by atoms with van der Waals surface area (Å²) < 4.78 is 38.7. The standard InChI is InChI=1S/C12H10FN3O3S/c13-10-4-2-1-3-9(10)7-11(17)16-20(18,19)12-8-14-5-6-15-12/h1-6,8H,7H2,(H,16,17). The molecule has 2 aromatic rings. The van der Waals surface area contributed by atoms with E-state index >= 15 is 0 Å². The van der Waals surface area contributed by atoms with Crippen LogP contribution in [0.2, 0.25) is 0 Å². The zero-order valence-electron chi connectivity index (χ0n) is 10.2. The summed E-state index contributed by atoms with van der Waals surface area (Å²) >= 11 is 0. The van der Waals surface area contributed by atoms with Gasteiger partial charge in [0.1, 0.15) is 5.82 Å². The van der Waals surface area contributed by atoms with Crippen LogP contribution in [0.25, 0.3) is 0 Å². The lowest BCUT2D eigenvalue weighted by Gasteiger charge is -2.06. The summed E-state index contributed by atoms with van der Waals surface area (Å²) in [5.41, 5.74) is 0.111. The van der Waals surface area contributed by atoms with Crippen LogP contribution in [0.15, 0.2) is 47.9 Å². The molecule has 6 nitrogen and oxygen atoms in total. The summed E-state index contributed by atoms with van der Waals surface area (Å²) in [5, 5.41) is -0.373. The van der Waals surface area contributed by atoms with Crippen LogP contribution in [-0.4, -0.2) is 24.3 Å². The number of nitrogens with one attached hydrogen (secondary N) is 1. The first-order chi connectivity index (χ1) is 9.49. The Morgan fingerprint density at radius 3 is 2.65 bits per heavy atom. The SMILES string of the molecule is O=C(Cc1ccccc1F)NS(=O)(=O)c1cnccn1. The number of sulfonamides is 1. The molecular weight excluding hydrogens is 285 g/mol. The van der Waals surface area contributed by atoms with Crippen molar-refractivity contribution >= 4 is 15.9 Å². The lowest BCUT2D eigenvalue weighted by molar-refractivity contribution is -0.118. The van der Waals surface area contributed by atoms with Gasteiger partial charge in [-0.05, 0) is 11.6 Å². The topological polar surface area (TPSA) is 89.0 Å². The summed E-state index contributed by atoms with van der Waals surface area (Å²) in [4.78, 5) is 18.8. The first kappa shape index (κ1) is 14.1. The van der Waals surface area contributed by atoms with E-state index in [1.807, 2.05) is 4.72 Å². The highest BCUT2D eigenvalue weighted by Gasteiger charge is 2.19. The van der Waals surface area contributed by atoms with Crippen LogP contribution in [0.5, 0.6) is 0 Å². The van der Waals surface area contributed by atoms with Crippen LogP contribution >= 0.6 is 0 Å². The van der Waals surface area contributed by atoms with Gasteiger partial charge in [-0.3, -0.25) is 9.78 Å². The van der Waals surface area contributed by atoms with Crippen molar-refractivity contribution in [2.45, 2.75) is 11.4 Å². The van der Waals surface area contributed by atoms with Gasteiger partial charge in [0.05, 0.1) is 12.6 Å². The van der Waals surface area contributed by atoms with Crippen LogP contribution in [-0.2, 0) is 21.2 Å². The van der Waals surface area contributed by atoms with Crippen LogP contribution in [0.1, 0.15) is 5.56 Å². The average molecular weight is 295 g/mol. The van der Waals surface area contributed by atoms with E-state index in [0.29, 0.717) is 0 Å². The number of carbonyl (C=O) groups is 1. The number of amides is 1. The maximum absolute atomic E-state index is 13.4. The summed E-state index contributed by atoms with van der Waals surface area (Å²) in [6.45, 7) is 0. The number of hydrogen-bond acceptors (Lipinski definition) is 5. The molecule has 0 aliphatic carbocycles. The Bertz CT molecular complexity index is 720. The normalized spacial score (nSPS) is 11.1. The van der Waals surface area contributed by atoms with Gasteiger partial charge in [0.25, 0.3) is 10.0 Å². The molecule has 1 heterocycles. The molecule has 1 N–H and O–H groups in total. The fourth-order valence-corrected chi connectivity index (χ4v) is 2.35. The molecule has 0 aliphatic heterocycles. The lowest BCUT2D eigenvalue weighted by atomic mass is 10.1. The van der Waals surface area contributed by atoms with Crippen molar-refractivity contribution in [3.63, 3.8) is 0 Å². The summed E-state index contributed by atoms with van der Waals surface area (Å²) in [5.74, 6) is -1.42. The number of aromatic nitrogens is 2. The molecule has 104 valence electrons. The fourth-order valence-electron chi connectivity index (χ4n) is 1.48. The monoisotopic (exact) mass is 295 g/mol. The Hall–Kier alpha value is -2.35. The number of benzene rings is 1. The minimum absolute atomic E-state index is 0.111. The Morgan fingerprint density at radius 2 is 2.00 bits per heavy atom. The second-order valence-electron chi connectivity index (χ2n) is 3.84. The number of nitrogens with zero attached hydrogens (tertiary/aromatic N) is 2. The highest BCUT2D eigenvalue weighted by Crippen LogP contribution is 2.08. The van der Waals surface area contributed by atoms with Gasteiger partial charge in [0.2, 0.25) is 5.91 Å². The van der Waals surface area contributed by atoms with Crippen molar-refractivity contribution in [3.8, 4) is 0 Å². The molecule has 0 fully saturated rings. The maximum atomic E-state index is 13.4. The zero-order chi connectivity index (χ0) is 14.6. The summed E-state index contributed by atoms with van der Waals surface area (Å²) in [7, 11) is -4.09. The highest BCUT2D eigenvalue weighted by atomic mass is 32.2. The van der Waals surface area contributed by atoms with E-state index in [-0.39, 0.29) is 17.0 Å². The Balaban J connectivity index is 2.11. The van der Waals surface area contributed by atoms with Gasteiger partial charge in [-0.2, -0.15) is 8.42 Å². The largest absolute Gasteiger partial charge is 0.283 e. The van der Waals surface area contributed by atoms with Gasteiger partial charge >= 0.3 is 0 Å². The number of halogens is 1. The number of carbonyl (C=O) groups excluding carboxylic acids is 1. The van der Waals surface area contributed by atoms with Crippen molar-refractivity contribution < 1.29 is 17.6 Å². The van der Waals surface area contributed by atoms with Gasteiger partial charge in [-0.1, -0.05) is 18.2 Å². The highest BCUT2D eigenvalue weighted by molar-refractivity contribution is 7.90. The molecule has 0 atom stereocenters. The fraction of sp³-hybridized carbons (Fsp3) is 0.0833. The van der Waals surface area contributed by atoms with Crippen molar-refractivity contribution in [2.75, 3.05) is 0 Å². The first-order valence-electron chi connectivity index (χ1n) is 5.54. The third-order valence-corrected chi connectivity index (χ3v) is 3.63. The third kappa shape index (κ3) is 3.35. The average Bonchev–Trinajstić information content (AvgIpc) is 2.42. The van der Waals surface area contributed by atoms with Gasteiger partial charge in [-0.25, -0.2) is 14.1 Å². The summed E-state index contributed by atoms with van der Waals surface area (Å²) in [6, 6.07) is 5.64. The molecule has 1 aromatic carbocycles. The van der Waals surface area contributed by atoms with Gasteiger partial charge < -0.3 is 0 Å². The van der Waals surface area contributed by atoms with Crippen LogP contribution in [0, 0.1) is 5.82 Å². The summed E-state index contributed by atoms with van der Waals surface area (Å²) in [6.07, 6.45) is 3.13. The van der Waals surface area contributed by atoms with E-state index in [0.717, 1.165) is 6.20 Å². The van der Waals surface area contributed by atoms with Gasteiger partial charge in [0, 0.05) is 12.4 Å². The van der Waals surface area contributed by atoms with E-state index < -0.39 is 21.7 Å². The smallest absolute Gasteiger partial charge is 0.274 e. The predicted octanol–water partition coefficient (Wildman–Crippen LogP) is 0.663. The Kier molecular flexibility index (Phi) is 4.04. The molecule has 1 aromatic heterocycles. The van der Waals surface area contributed by atoms with E-state index in [9.17, 15) is 17.6 Å². The van der Waals surface area contributed by atoms with E-state index in [4.69, 9.17) is 0 Å². The number of rotatable bonds is 4. The molecule has 0 unspecified atom stereocenters.